The Morgan fingerprint density at radius 1 is 1.03 bits per heavy atom. The van der Waals surface area contributed by atoms with Crippen LogP contribution in [0.2, 0.25) is 0 Å². The number of benzene rings is 2. The van der Waals surface area contributed by atoms with Gasteiger partial charge in [-0.15, -0.1) is 0 Å². The van der Waals surface area contributed by atoms with E-state index in [1.807, 2.05) is 32.0 Å². The summed E-state index contributed by atoms with van der Waals surface area (Å²) in [5.41, 5.74) is 2.09. The highest BCUT2D eigenvalue weighted by Crippen LogP contribution is 2.51. The predicted molar refractivity (Wildman–Crippen MR) is 119 cm³/mol. The first-order valence-corrected chi connectivity index (χ1v) is 12.3. The molecule has 1 heterocycles. The van der Waals surface area contributed by atoms with Crippen LogP contribution in [0.5, 0.6) is 0 Å². The Morgan fingerprint density at radius 3 is 2.34 bits per heavy atom. The van der Waals surface area contributed by atoms with Gasteiger partial charge in [-0.25, -0.2) is 8.42 Å². The Labute approximate surface area is 175 Å². The lowest BCUT2D eigenvalue weighted by Gasteiger charge is -2.40. The molecule has 1 saturated heterocycles. The molecule has 2 aromatic rings. The van der Waals surface area contributed by atoms with Crippen molar-refractivity contribution in [3.8, 4) is 0 Å². The lowest BCUT2D eigenvalue weighted by Crippen LogP contribution is -2.37. The molecule has 3 atom stereocenters. The fraction of sp³-hybridized carbons (Fsp3) is 0.500. The number of sulfonamides is 1. The smallest absolute Gasteiger partial charge is 0.264 e. The van der Waals surface area contributed by atoms with Crippen LogP contribution in [0.3, 0.4) is 0 Å². The van der Waals surface area contributed by atoms with Crippen LogP contribution in [0.25, 0.3) is 0 Å². The summed E-state index contributed by atoms with van der Waals surface area (Å²) in [5.74, 6) is 2.23. The van der Waals surface area contributed by atoms with E-state index in [1.165, 1.54) is 42.3 Å². The highest BCUT2D eigenvalue weighted by molar-refractivity contribution is 7.92. The number of nitrogens with zero attached hydrogens (tertiary/aromatic N) is 2. The number of hydrogen-bond acceptors (Lipinski definition) is 3. The molecule has 0 spiro atoms. The minimum absolute atomic E-state index is 0.156. The molecular formula is C24H32N2O2S. The predicted octanol–water partition coefficient (Wildman–Crippen LogP) is 4.74. The maximum absolute atomic E-state index is 13.2. The fourth-order valence-corrected chi connectivity index (χ4v) is 6.85. The Balaban J connectivity index is 1.54. The molecule has 1 aliphatic carbocycles. The average Bonchev–Trinajstić information content (AvgIpc) is 3.00. The molecule has 0 N–H and O–H groups in total. The van der Waals surface area contributed by atoms with E-state index in [0.717, 1.165) is 17.5 Å². The fourth-order valence-electron chi connectivity index (χ4n) is 5.17. The summed E-state index contributed by atoms with van der Waals surface area (Å²) in [7, 11) is -3.58. The monoisotopic (exact) mass is 412 g/mol. The van der Waals surface area contributed by atoms with E-state index in [1.54, 1.807) is 24.3 Å². The second-order valence-corrected chi connectivity index (χ2v) is 10.6. The molecule has 29 heavy (non-hydrogen) atoms. The van der Waals surface area contributed by atoms with Gasteiger partial charge >= 0.3 is 0 Å². The summed E-state index contributed by atoms with van der Waals surface area (Å²) in [5, 5.41) is 0. The number of rotatable bonds is 7. The van der Waals surface area contributed by atoms with Crippen LogP contribution in [-0.4, -0.2) is 39.0 Å². The van der Waals surface area contributed by atoms with Crippen molar-refractivity contribution in [2.24, 2.45) is 11.8 Å². The molecule has 5 heteroatoms. The molecular weight excluding hydrogens is 380 g/mol. The second-order valence-electron chi connectivity index (χ2n) is 8.82. The van der Waals surface area contributed by atoms with E-state index in [4.69, 9.17) is 0 Å². The molecule has 0 aromatic heterocycles. The minimum Gasteiger partial charge on any atom is -0.303 e. The lowest BCUT2D eigenvalue weighted by atomic mass is 9.64. The van der Waals surface area contributed by atoms with Crippen molar-refractivity contribution in [3.05, 3.63) is 60.2 Å². The molecule has 4 nitrogen and oxygen atoms in total. The lowest BCUT2D eigenvalue weighted by molar-refractivity contribution is 0.191. The molecule has 4 rings (SSSR count). The zero-order chi connectivity index (χ0) is 20.6. The van der Waals surface area contributed by atoms with Crippen molar-refractivity contribution < 1.29 is 8.42 Å². The summed E-state index contributed by atoms with van der Waals surface area (Å²) in [6.07, 6.45) is 2.49. The van der Waals surface area contributed by atoms with E-state index in [-0.39, 0.29) is 6.04 Å². The third kappa shape index (κ3) is 3.82. The van der Waals surface area contributed by atoms with Crippen LogP contribution in [0, 0.1) is 11.8 Å². The van der Waals surface area contributed by atoms with Gasteiger partial charge in [-0.1, -0.05) is 37.3 Å². The first kappa shape index (κ1) is 20.4. The van der Waals surface area contributed by atoms with Crippen LogP contribution in [0.4, 0.5) is 5.69 Å². The topological polar surface area (TPSA) is 40.6 Å². The Morgan fingerprint density at radius 2 is 1.72 bits per heavy atom. The zero-order valence-electron chi connectivity index (χ0n) is 17.7. The second kappa shape index (κ2) is 8.11. The van der Waals surface area contributed by atoms with Crippen LogP contribution in [-0.2, 0) is 10.0 Å². The molecule has 0 amide bonds. The minimum atomic E-state index is -3.58. The third-order valence-electron chi connectivity index (χ3n) is 6.53. The Hall–Kier alpha value is -1.85. The Kier molecular flexibility index (Phi) is 5.71. The largest absolute Gasteiger partial charge is 0.303 e. The summed E-state index contributed by atoms with van der Waals surface area (Å²) >= 11 is 0. The molecule has 1 aliphatic heterocycles. The van der Waals surface area contributed by atoms with E-state index in [9.17, 15) is 8.42 Å². The number of hydrogen-bond donors (Lipinski definition) is 0. The molecule has 0 radical (unpaired) electrons. The van der Waals surface area contributed by atoms with Crippen molar-refractivity contribution in [2.75, 3.05) is 23.9 Å². The molecule has 1 saturated carbocycles. The van der Waals surface area contributed by atoms with Crippen molar-refractivity contribution >= 4 is 15.7 Å². The van der Waals surface area contributed by atoms with Crippen molar-refractivity contribution in [2.45, 2.75) is 50.5 Å². The quantitative estimate of drug-likeness (QED) is 0.660. The molecule has 0 bridgehead atoms. The van der Waals surface area contributed by atoms with Crippen LogP contribution in [0.15, 0.2) is 59.5 Å². The van der Waals surface area contributed by atoms with E-state index >= 15 is 0 Å². The molecule has 2 fully saturated rings. The normalized spacial score (nSPS) is 24.3. The van der Waals surface area contributed by atoms with Gasteiger partial charge in [-0.05, 0) is 80.8 Å². The van der Waals surface area contributed by atoms with Crippen molar-refractivity contribution in [1.82, 2.24) is 4.90 Å². The Bertz CT molecular complexity index is 925. The molecule has 156 valence electrons. The van der Waals surface area contributed by atoms with Gasteiger partial charge in [0.2, 0.25) is 0 Å². The van der Waals surface area contributed by atoms with Crippen LogP contribution < -0.4 is 4.31 Å². The summed E-state index contributed by atoms with van der Waals surface area (Å²) in [6.45, 7) is 9.77. The van der Waals surface area contributed by atoms with Gasteiger partial charge < -0.3 is 4.90 Å². The zero-order valence-corrected chi connectivity index (χ0v) is 18.5. The van der Waals surface area contributed by atoms with Gasteiger partial charge in [0, 0.05) is 19.1 Å². The van der Waals surface area contributed by atoms with Crippen LogP contribution >= 0.6 is 0 Å². The SMILES string of the molecule is CCCN1C[C@@H]2C[C@@H](c3ccc(N(C(C)C)S(=O)(=O)c4ccccc4)cc3)[C@@H]2C1. The average molecular weight is 413 g/mol. The maximum atomic E-state index is 13.2. The standard InChI is InChI=1S/C24H32N2O2S/c1-4-14-25-16-20-15-23(24(20)17-25)19-10-12-21(13-11-19)26(18(2)3)29(27,28)22-8-6-5-7-9-22/h5-13,18,20,23-24H,4,14-17H2,1-3H3/t20-,23-,24+/m0/s1. The molecule has 2 aromatic carbocycles. The highest BCUT2D eigenvalue weighted by Gasteiger charge is 2.47. The molecule has 2 aliphatic rings. The van der Waals surface area contributed by atoms with Crippen molar-refractivity contribution in [1.29, 1.82) is 0 Å². The van der Waals surface area contributed by atoms with Crippen LogP contribution in [0.1, 0.15) is 45.1 Å². The van der Waals surface area contributed by atoms with Gasteiger partial charge in [0.15, 0.2) is 0 Å². The molecule has 0 unspecified atom stereocenters. The van der Waals surface area contributed by atoms with Gasteiger partial charge in [0.05, 0.1) is 10.6 Å². The van der Waals surface area contributed by atoms with Gasteiger partial charge in [-0.3, -0.25) is 4.31 Å². The van der Waals surface area contributed by atoms with Gasteiger partial charge in [-0.2, -0.15) is 0 Å². The van der Waals surface area contributed by atoms with Crippen molar-refractivity contribution in [3.63, 3.8) is 0 Å². The summed E-state index contributed by atoms with van der Waals surface area (Å²) in [4.78, 5) is 2.94. The van der Waals surface area contributed by atoms with E-state index in [0.29, 0.717) is 10.8 Å². The van der Waals surface area contributed by atoms with E-state index in [2.05, 4.69) is 24.0 Å². The summed E-state index contributed by atoms with van der Waals surface area (Å²) in [6, 6.07) is 16.8. The number of anilines is 1. The van der Waals surface area contributed by atoms with Gasteiger partial charge in [0.25, 0.3) is 10.0 Å². The number of fused-ring (bicyclic) bond motifs is 1. The van der Waals surface area contributed by atoms with Gasteiger partial charge in [0.1, 0.15) is 0 Å². The third-order valence-corrected chi connectivity index (χ3v) is 8.54. The van der Waals surface area contributed by atoms with E-state index < -0.39 is 10.0 Å². The number of likely N-dealkylation sites (tertiary alicyclic amines) is 1. The maximum Gasteiger partial charge on any atom is 0.264 e. The summed E-state index contributed by atoms with van der Waals surface area (Å²) < 4.78 is 28.0. The first-order chi connectivity index (χ1) is 13.9. The first-order valence-electron chi connectivity index (χ1n) is 10.8. The highest BCUT2D eigenvalue weighted by atomic mass is 32.2.